The van der Waals surface area contributed by atoms with Crippen LogP contribution in [0, 0.1) is 0 Å². The van der Waals surface area contributed by atoms with Crippen molar-refractivity contribution in [1.29, 1.82) is 0 Å². The fourth-order valence-electron chi connectivity index (χ4n) is 0.903. The Kier molecular flexibility index (Phi) is 7.40. The summed E-state index contributed by atoms with van der Waals surface area (Å²) in [6.07, 6.45) is 1.33. The molecule has 0 unspecified atom stereocenters. The van der Waals surface area contributed by atoms with Gasteiger partial charge in [-0.2, -0.15) is 8.42 Å². The van der Waals surface area contributed by atoms with E-state index >= 15 is 0 Å². The standard InChI is InChI=1S/C8H8O3S.C5H8O2/c9-12(10,11)7-6-8-4-2-1-3-5-8;1-4(2)5(6)7-3/h1-7H,(H,9,10,11);1H2,2-3H3. The average molecular weight is 284 g/mol. The van der Waals surface area contributed by atoms with Gasteiger partial charge in [0, 0.05) is 5.57 Å². The molecule has 5 nitrogen and oxygen atoms in total. The van der Waals surface area contributed by atoms with Gasteiger partial charge in [-0.1, -0.05) is 36.9 Å². The number of hydrogen-bond donors (Lipinski definition) is 1. The molecule has 0 spiro atoms. The minimum absolute atomic E-state index is 0.347. The third-order valence-corrected chi connectivity index (χ3v) is 2.25. The van der Waals surface area contributed by atoms with Crippen LogP contribution >= 0.6 is 0 Å². The van der Waals surface area contributed by atoms with Crippen molar-refractivity contribution < 1.29 is 22.5 Å². The molecule has 0 radical (unpaired) electrons. The Morgan fingerprint density at radius 3 is 2.16 bits per heavy atom. The lowest BCUT2D eigenvalue weighted by molar-refractivity contribution is -0.136. The maximum atomic E-state index is 10.3. The molecule has 1 rings (SSSR count). The van der Waals surface area contributed by atoms with Crippen LogP contribution in [0.1, 0.15) is 12.5 Å². The fourth-order valence-corrected chi connectivity index (χ4v) is 1.23. The van der Waals surface area contributed by atoms with E-state index in [-0.39, 0.29) is 5.97 Å². The van der Waals surface area contributed by atoms with E-state index in [4.69, 9.17) is 4.55 Å². The van der Waals surface area contributed by atoms with Crippen molar-refractivity contribution in [2.24, 2.45) is 0 Å². The van der Waals surface area contributed by atoms with Gasteiger partial charge >= 0.3 is 5.97 Å². The number of rotatable bonds is 3. The van der Waals surface area contributed by atoms with Crippen LogP contribution in [0.2, 0.25) is 0 Å². The number of benzene rings is 1. The molecule has 0 amide bonds. The van der Waals surface area contributed by atoms with Gasteiger partial charge in [-0.15, -0.1) is 0 Å². The van der Waals surface area contributed by atoms with Gasteiger partial charge in [0.15, 0.2) is 0 Å². The van der Waals surface area contributed by atoms with E-state index in [1.165, 1.54) is 13.2 Å². The second kappa shape index (κ2) is 8.23. The number of carbonyl (C=O) groups excluding carboxylic acids is 1. The monoisotopic (exact) mass is 284 g/mol. The second-order valence-electron chi connectivity index (χ2n) is 3.50. The van der Waals surface area contributed by atoms with E-state index in [2.05, 4.69) is 11.3 Å². The summed E-state index contributed by atoms with van der Waals surface area (Å²) in [5, 5.41) is 0.752. The molecule has 0 aliphatic heterocycles. The molecule has 0 aliphatic rings. The lowest BCUT2D eigenvalue weighted by Gasteiger charge is -1.91. The van der Waals surface area contributed by atoms with Crippen molar-refractivity contribution in [3.63, 3.8) is 0 Å². The van der Waals surface area contributed by atoms with Gasteiger partial charge in [0.1, 0.15) is 0 Å². The lowest BCUT2D eigenvalue weighted by Crippen LogP contribution is -1.98. The topological polar surface area (TPSA) is 80.7 Å². The van der Waals surface area contributed by atoms with E-state index in [0.29, 0.717) is 5.57 Å². The van der Waals surface area contributed by atoms with Crippen LogP contribution in [0.4, 0.5) is 0 Å². The Balaban J connectivity index is 0.000000399. The maximum absolute atomic E-state index is 10.3. The summed E-state index contributed by atoms with van der Waals surface area (Å²) >= 11 is 0. The highest BCUT2D eigenvalue weighted by Crippen LogP contribution is 2.01. The number of methoxy groups -OCH3 is 1. The number of esters is 1. The first-order valence-electron chi connectivity index (χ1n) is 5.20. The average Bonchev–Trinajstić information content (AvgIpc) is 2.36. The zero-order valence-corrected chi connectivity index (χ0v) is 11.6. The molecule has 104 valence electrons. The number of carbonyl (C=O) groups is 1. The Labute approximate surface area is 113 Å². The van der Waals surface area contributed by atoms with Crippen LogP contribution in [0.5, 0.6) is 0 Å². The second-order valence-corrected chi connectivity index (χ2v) is 4.80. The molecule has 1 aromatic rings. The third-order valence-electron chi connectivity index (χ3n) is 1.77. The minimum atomic E-state index is -4.00. The van der Waals surface area contributed by atoms with Gasteiger partial charge in [0.05, 0.1) is 12.5 Å². The normalized spacial score (nSPS) is 10.5. The van der Waals surface area contributed by atoms with Gasteiger partial charge in [-0.25, -0.2) is 4.79 Å². The van der Waals surface area contributed by atoms with Crippen LogP contribution in [0.3, 0.4) is 0 Å². The summed E-state index contributed by atoms with van der Waals surface area (Å²) in [5.74, 6) is -0.347. The van der Waals surface area contributed by atoms with Crippen LogP contribution in [-0.4, -0.2) is 26.0 Å². The van der Waals surface area contributed by atoms with Crippen molar-refractivity contribution in [2.45, 2.75) is 6.92 Å². The largest absolute Gasteiger partial charge is 0.466 e. The summed E-state index contributed by atoms with van der Waals surface area (Å²) in [6, 6.07) is 8.86. The van der Waals surface area contributed by atoms with Crippen molar-refractivity contribution in [2.75, 3.05) is 7.11 Å². The molecule has 0 heterocycles. The molecule has 1 aromatic carbocycles. The molecule has 0 bridgehead atoms. The van der Waals surface area contributed by atoms with E-state index in [1.54, 1.807) is 31.2 Å². The molecular weight excluding hydrogens is 268 g/mol. The number of hydrogen-bond acceptors (Lipinski definition) is 4. The quantitative estimate of drug-likeness (QED) is 0.523. The molecule has 0 fully saturated rings. The molecule has 19 heavy (non-hydrogen) atoms. The van der Waals surface area contributed by atoms with Gasteiger partial charge in [-0.05, 0) is 18.6 Å². The van der Waals surface area contributed by atoms with Gasteiger partial charge < -0.3 is 4.74 Å². The smallest absolute Gasteiger partial charge is 0.332 e. The van der Waals surface area contributed by atoms with Crippen molar-refractivity contribution in [3.8, 4) is 0 Å². The van der Waals surface area contributed by atoms with Crippen LogP contribution < -0.4 is 0 Å². The highest BCUT2D eigenvalue weighted by Gasteiger charge is 1.95. The van der Waals surface area contributed by atoms with Gasteiger partial charge in [0.25, 0.3) is 10.1 Å². The maximum Gasteiger partial charge on any atom is 0.332 e. The number of ether oxygens (including phenoxy) is 1. The predicted molar refractivity (Wildman–Crippen MR) is 73.9 cm³/mol. The summed E-state index contributed by atoms with van der Waals surface area (Å²) in [6.45, 7) is 4.95. The molecule has 0 saturated carbocycles. The molecule has 0 aromatic heterocycles. The molecule has 6 heteroatoms. The van der Waals surface area contributed by atoms with Crippen LogP contribution in [-0.2, 0) is 19.6 Å². The van der Waals surface area contributed by atoms with E-state index < -0.39 is 10.1 Å². The summed E-state index contributed by atoms with van der Waals surface area (Å²) in [4.78, 5) is 10.2. The fraction of sp³-hybridized carbons (Fsp3) is 0.154. The highest BCUT2D eigenvalue weighted by molar-refractivity contribution is 7.88. The zero-order chi connectivity index (χ0) is 14.9. The van der Waals surface area contributed by atoms with Crippen molar-refractivity contribution in [3.05, 3.63) is 53.5 Å². The minimum Gasteiger partial charge on any atom is -0.466 e. The first-order valence-corrected chi connectivity index (χ1v) is 6.71. The van der Waals surface area contributed by atoms with E-state index in [9.17, 15) is 13.2 Å². The lowest BCUT2D eigenvalue weighted by atomic mass is 10.2. The third kappa shape index (κ3) is 9.75. The van der Waals surface area contributed by atoms with Gasteiger partial charge in [0.2, 0.25) is 0 Å². The highest BCUT2D eigenvalue weighted by atomic mass is 32.2. The van der Waals surface area contributed by atoms with Crippen molar-refractivity contribution >= 4 is 22.2 Å². The van der Waals surface area contributed by atoms with Crippen LogP contribution in [0.25, 0.3) is 6.08 Å². The summed E-state index contributed by atoms with van der Waals surface area (Å²) in [7, 11) is -2.67. The molecular formula is C13H16O5S. The van der Waals surface area contributed by atoms with E-state index in [0.717, 1.165) is 11.0 Å². The molecule has 1 N–H and O–H groups in total. The van der Waals surface area contributed by atoms with E-state index in [1.807, 2.05) is 6.07 Å². The zero-order valence-electron chi connectivity index (χ0n) is 10.7. The Bertz CT molecular complexity index is 544. The molecule has 0 aliphatic carbocycles. The summed E-state index contributed by atoms with van der Waals surface area (Å²) < 4.78 is 33.2. The Morgan fingerprint density at radius 1 is 1.32 bits per heavy atom. The first kappa shape index (κ1) is 17.1. The molecule has 0 saturated heterocycles. The Morgan fingerprint density at radius 2 is 1.84 bits per heavy atom. The predicted octanol–water partition coefficient (Wildman–Crippen LogP) is 2.28. The Hall–Kier alpha value is -1.92. The molecule has 0 atom stereocenters. The van der Waals surface area contributed by atoms with Crippen molar-refractivity contribution in [1.82, 2.24) is 0 Å². The summed E-state index contributed by atoms with van der Waals surface area (Å²) in [5.41, 5.74) is 1.16. The van der Waals surface area contributed by atoms with Crippen LogP contribution in [0.15, 0.2) is 47.9 Å². The first-order chi connectivity index (χ1) is 8.76. The van der Waals surface area contributed by atoms with Gasteiger partial charge in [-0.3, -0.25) is 4.55 Å². The SMILES string of the molecule is C=C(C)C(=O)OC.O=S(=O)(O)C=Cc1ccccc1.